The predicted octanol–water partition coefficient (Wildman–Crippen LogP) is 3.28. The van der Waals surface area contributed by atoms with Gasteiger partial charge in [0, 0.05) is 6.04 Å². The lowest BCUT2D eigenvalue weighted by Crippen LogP contribution is -2.40. The van der Waals surface area contributed by atoms with Crippen LogP contribution in [0, 0.1) is 0 Å². The maximum absolute atomic E-state index is 11.7. The van der Waals surface area contributed by atoms with Gasteiger partial charge in [0.25, 0.3) is 5.91 Å². The fraction of sp³-hybridized carbons (Fsp3) is 0.562. The molecule has 0 aliphatic heterocycles. The molecule has 106 valence electrons. The molecular weight excluding hydrogens is 238 g/mol. The highest BCUT2D eigenvalue weighted by atomic mass is 16.5. The molecule has 0 aromatic heterocycles. The molecule has 1 atom stereocenters. The van der Waals surface area contributed by atoms with E-state index in [9.17, 15) is 4.79 Å². The Morgan fingerprint density at radius 3 is 2.05 bits per heavy atom. The molecular formula is C16H25NO2. The van der Waals surface area contributed by atoms with Gasteiger partial charge in [-0.25, -0.2) is 0 Å². The normalized spacial score (nSPS) is 13.2. The highest BCUT2D eigenvalue weighted by Crippen LogP contribution is 2.24. The minimum atomic E-state index is -0.483. The number of hydrogen-bond donors (Lipinski definition) is 1. The minimum absolute atomic E-state index is 0.0881. The van der Waals surface area contributed by atoms with Crippen LogP contribution in [0.5, 0.6) is 5.75 Å². The van der Waals surface area contributed by atoms with E-state index in [0.29, 0.717) is 0 Å². The second-order valence-electron chi connectivity index (χ2n) is 6.20. The Morgan fingerprint density at radius 2 is 1.63 bits per heavy atom. The smallest absolute Gasteiger partial charge is 0.260 e. The van der Waals surface area contributed by atoms with Crippen LogP contribution in [0.4, 0.5) is 0 Å². The van der Waals surface area contributed by atoms with Crippen molar-refractivity contribution in [2.45, 2.75) is 59.1 Å². The van der Waals surface area contributed by atoms with Gasteiger partial charge >= 0.3 is 0 Å². The summed E-state index contributed by atoms with van der Waals surface area (Å²) < 4.78 is 5.63. The Hall–Kier alpha value is -1.51. The van der Waals surface area contributed by atoms with Crippen LogP contribution in [-0.2, 0) is 10.2 Å². The summed E-state index contributed by atoms with van der Waals surface area (Å²) in [6, 6.07) is 8.05. The number of ether oxygens (including phenoxy) is 1. The van der Waals surface area contributed by atoms with E-state index in [1.54, 1.807) is 6.92 Å². The standard InChI is InChI=1S/C16H25NO2/c1-11(2)17-15(18)12(3)19-14-9-7-13(8-10-14)16(4,5)6/h7-12H,1-6H3,(H,17,18). The Labute approximate surface area is 116 Å². The highest BCUT2D eigenvalue weighted by molar-refractivity contribution is 5.80. The van der Waals surface area contributed by atoms with E-state index >= 15 is 0 Å². The van der Waals surface area contributed by atoms with Crippen molar-refractivity contribution in [1.29, 1.82) is 0 Å². The number of rotatable bonds is 4. The maximum atomic E-state index is 11.7. The first-order valence-electron chi connectivity index (χ1n) is 6.77. The number of hydrogen-bond acceptors (Lipinski definition) is 2. The van der Waals surface area contributed by atoms with Gasteiger partial charge in [0.1, 0.15) is 5.75 Å². The summed E-state index contributed by atoms with van der Waals surface area (Å²) in [7, 11) is 0. The summed E-state index contributed by atoms with van der Waals surface area (Å²) in [4.78, 5) is 11.7. The van der Waals surface area contributed by atoms with E-state index < -0.39 is 6.10 Å². The largest absolute Gasteiger partial charge is 0.481 e. The molecule has 0 aliphatic rings. The van der Waals surface area contributed by atoms with Gasteiger partial charge in [0.05, 0.1) is 0 Å². The van der Waals surface area contributed by atoms with E-state index in [0.717, 1.165) is 5.75 Å². The van der Waals surface area contributed by atoms with E-state index in [-0.39, 0.29) is 17.4 Å². The summed E-state index contributed by atoms with van der Waals surface area (Å²) in [6.07, 6.45) is -0.483. The second kappa shape index (κ2) is 6.09. The molecule has 0 saturated carbocycles. The number of benzene rings is 1. The molecule has 1 rings (SSSR count). The van der Waals surface area contributed by atoms with Gasteiger partial charge in [-0.05, 0) is 43.9 Å². The molecule has 0 radical (unpaired) electrons. The lowest BCUT2D eigenvalue weighted by molar-refractivity contribution is -0.127. The van der Waals surface area contributed by atoms with Gasteiger partial charge < -0.3 is 10.1 Å². The molecule has 3 heteroatoms. The Kier molecular flexibility index (Phi) is 4.98. The molecule has 0 bridgehead atoms. The third kappa shape index (κ3) is 4.93. The van der Waals surface area contributed by atoms with Crippen LogP contribution in [0.2, 0.25) is 0 Å². The van der Waals surface area contributed by atoms with E-state index in [4.69, 9.17) is 4.74 Å². The molecule has 0 aliphatic carbocycles. The fourth-order valence-corrected chi connectivity index (χ4v) is 1.69. The zero-order chi connectivity index (χ0) is 14.6. The van der Waals surface area contributed by atoms with Crippen LogP contribution in [0.1, 0.15) is 47.1 Å². The zero-order valence-electron chi connectivity index (χ0n) is 12.8. The summed E-state index contributed by atoms with van der Waals surface area (Å²) in [5.74, 6) is 0.634. The molecule has 0 heterocycles. The van der Waals surface area contributed by atoms with Crippen molar-refractivity contribution in [3.8, 4) is 5.75 Å². The molecule has 0 fully saturated rings. The van der Waals surface area contributed by atoms with Crippen LogP contribution in [0.25, 0.3) is 0 Å². The van der Waals surface area contributed by atoms with Crippen LogP contribution in [-0.4, -0.2) is 18.1 Å². The van der Waals surface area contributed by atoms with E-state index in [1.807, 2.05) is 38.1 Å². The first-order chi connectivity index (χ1) is 8.70. The lowest BCUT2D eigenvalue weighted by Gasteiger charge is -2.20. The van der Waals surface area contributed by atoms with E-state index in [2.05, 4.69) is 26.1 Å². The first kappa shape index (κ1) is 15.5. The van der Waals surface area contributed by atoms with Crippen LogP contribution >= 0.6 is 0 Å². The number of carbonyl (C=O) groups excluding carboxylic acids is 1. The molecule has 1 aromatic rings. The van der Waals surface area contributed by atoms with Crippen molar-refractivity contribution in [2.75, 3.05) is 0 Å². The molecule has 0 saturated heterocycles. The SMILES string of the molecule is CC(C)NC(=O)C(C)Oc1ccc(C(C)(C)C)cc1. The Balaban J connectivity index is 2.65. The Morgan fingerprint density at radius 1 is 1.11 bits per heavy atom. The summed E-state index contributed by atoms with van der Waals surface area (Å²) in [5, 5.41) is 2.83. The second-order valence-corrected chi connectivity index (χ2v) is 6.20. The maximum Gasteiger partial charge on any atom is 0.260 e. The van der Waals surface area contributed by atoms with Crippen molar-refractivity contribution in [3.63, 3.8) is 0 Å². The van der Waals surface area contributed by atoms with Crippen LogP contribution in [0.15, 0.2) is 24.3 Å². The molecule has 1 N–H and O–H groups in total. The summed E-state index contributed by atoms with van der Waals surface area (Å²) in [5.41, 5.74) is 1.37. The zero-order valence-corrected chi connectivity index (χ0v) is 12.8. The van der Waals surface area contributed by atoms with Crippen LogP contribution < -0.4 is 10.1 Å². The van der Waals surface area contributed by atoms with E-state index in [1.165, 1.54) is 5.56 Å². The van der Waals surface area contributed by atoms with Crippen molar-refractivity contribution in [2.24, 2.45) is 0 Å². The summed E-state index contributed by atoms with van der Waals surface area (Å²) >= 11 is 0. The third-order valence-corrected chi connectivity index (χ3v) is 2.83. The van der Waals surface area contributed by atoms with Gasteiger partial charge in [-0.2, -0.15) is 0 Å². The average molecular weight is 263 g/mol. The topological polar surface area (TPSA) is 38.3 Å². The molecule has 1 unspecified atom stereocenters. The van der Waals surface area contributed by atoms with Gasteiger partial charge in [-0.15, -0.1) is 0 Å². The predicted molar refractivity (Wildman–Crippen MR) is 78.5 cm³/mol. The molecule has 0 spiro atoms. The minimum Gasteiger partial charge on any atom is -0.481 e. The fourth-order valence-electron chi connectivity index (χ4n) is 1.69. The lowest BCUT2D eigenvalue weighted by atomic mass is 9.87. The van der Waals surface area contributed by atoms with Crippen LogP contribution in [0.3, 0.4) is 0 Å². The quantitative estimate of drug-likeness (QED) is 0.905. The van der Waals surface area contributed by atoms with Gasteiger partial charge in [0.15, 0.2) is 6.10 Å². The third-order valence-electron chi connectivity index (χ3n) is 2.83. The monoisotopic (exact) mass is 263 g/mol. The number of carbonyl (C=O) groups is 1. The van der Waals surface area contributed by atoms with Crippen molar-refractivity contribution >= 4 is 5.91 Å². The highest BCUT2D eigenvalue weighted by Gasteiger charge is 2.16. The first-order valence-corrected chi connectivity index (χ1v) is 6.77. The molecule has 3 nitrogen and oxygen atoms in total. The van der Waals surface area contributed by atoms with Gasteiger partial charge in [-0.1, -0.05) is 32.9 Å². The molecule has 1 amide bonds. The van der Waals surface area contributed by atoms with Crippen molar-refractivity contribution in [1.82, 2.24) is 5.32 Å². The number of amides is 1. The molecule has 1 aromatic carbocycles. The average Bonchev–Trinajstić information content (AvgIpc) is 2.27. The summed E-state index contributed by atoms with van der Waals surface area (Å²) in [6.45, 7) is 12.1. The number of nitrogens with one attached hydrogen (secondary N) is 1. The Bertz CT molecular complexity index is 415. The van der Waals surface area contributed by atoms with Gasteiger partial charge in [0.2, 0.25) is 0 Å². The van der Waals surface area contributed by atoms with Crippen molar-refractivity contribution in [3.05, 3.63) is 29.8 Å². The van der Waals surface area contributed by atoms with Crippen molar-refractivity contribution < 1.29 is 9.53 Å². The molecule has 19 heavy (non-hydrogen) atoms. The van der Waals surface area contributed by atoms with Gasteiger partial charge in [-0.3, -0.25) is 4.79 Å².